The molecule has 18 heavy (non-hydrogen) atoms. The van der Waals surface area contributed by atoms with Crippen LogP contribution in [-0.4, -0.2) is 54.0 Å². The molecular weight excluding hydrogens is 232 g/mol. The number of hydrogen-bond acceptors (Lipinski definition) is 3. The SMILES string of the molecule is CC(C)(C)NC(=O)N1CCC(OCCCO)CC1. The maximum atomic E-state index is 11.9. The fourth-order valence-electron chi connectivity index (χ4n) is 1.94. The van der Waals surface area contributed by atoms with Crippen molar-refractivity contribution in [1.82, 2.24) is 10.2 Å². The van der Waals surface area contributed by atoms with Gasteiger partial charge in [0.2, 0.25) is 0 Å². The topological polar surface area (TPSA) is 61.8 Å². The van der Waals surface area contributed by atoms with Crippen molar-refractivity contribution in [2.75, 3.05) is 26.3 Å². The number of carbonyl (C=O) groups excluding carboxylic acids is 1. The molecule has 0 aromatic carbocycles. The first-order chi connectivity index (χ1) is 8.42. The number of likely N-dealkylation sites (tertiary alicyclic amines) is 1. The summed E-state index contributed by atoms with van der Waals surface area (Å²) in [5, 5.41) is 11.6. The molecule has 0 unspecified atom stereocenters. The van der Waals surface area contributed by atoms with Crippen LogP contribution in [0.1, 0.15) is 40.0 Å². The molecule has 0 radical (unpaired) electrons. The Morgan fingerprint density at radius 2 is 2.00 bits per heavy atom. The lowest BCUT2D eigenvalue weighted by Gasteiger charge is -2.34. The first kappa shape index (κ1) is 15.2. The molecule has 5 nitrogen and oxygen atoms in total. The molecule has 1 fully saturated rings. The normalized spacial score (nSPS) is 17.9. The number of aliphatic hydroxyl groups excluding tert-OH is 1. The second kappa shape index (κ2) is 6.95. The van der Waals surface area contributed by atoms with Crippen molar-refractivity contribution >= 4 is 6.03 Å². The van der Waals surface area contributed by atoms with Gasteiger partial charge < -0.3 is 20.1 Å². The zero-order valence-corrected chi connectivity index (χ0v) is 11.7. The second-order valence-electron chi connectivity index (χ2n) is 5.81. The monoisotopic (exact) mass is 258 g/mol. The van der Waals surface area contributed by atoms with E-state index in [9.17, 15) is 4.79 Å². The van der Waals surface area contributed by atoms with E-state index < -0.39 is 0 Å². The zero-order chi connectivity index (χ0) is 13.6. The molecule has 1 heterocycles. The molecule has 2 N–H and O–H groups in total. The highest BCUT2D eigenvalue weighted by molar-refractivity contribution is 5.75. The van der Waals surface area contributed by atoms with Crippen LogP contribution in [0, 0.1) is 0 Å². The standard InChI is InChI=1S/C13H26N2O3/c1-13(2,3)14-12(17)15-7-5-11(6-8-15)18-10-4-9-16/h11,16H,4-10H2,1-3H3,(H,14,17). The molecule has 0 spiro atoms. The number of amides is 2. The van der Waals surface area contributed by atoms with Crippen molar-refractivity contribution in [1.29, 1.82) is 0 Å². The average Bonchev–Trinajstić information content (AvgIpc) is 2.28. The zero-order valence-electron chi connectivity index (χ0n) is 11.7. The number of carbonyl (C=O) groups is 1. The van der Waals surface area contributed by atoms with Crippen molar-refractivity contribution in [3.05, 3.63) is 0 Å². The molecular formula is C13H26N2O3. The van der Waals surface area contributed by atoms with Crippen LogP contribution in [0.25, 0.3) is 0 Å². The number of nitrogens with one attached hydrogen (secondary N) is 1. The summed E-state index contributed by atoms with van der Waals surface area (Å²) in [7, 11) is 0. The molecule has 0 saturated carbocycles. The molecule has 1 saturated heterocycles. The number of nitrogens with zero attached hydrogens (tertiary/aromatic N) is 1. The van der Waals surface area contributed by atoms with E-state index in [2.05, 4.69) is 5.32 Å². The highest BCUT2D eigenvalue weighted by Crippen LogP contribution is 2.14. The third-order valence-electron chi connectivity index (χ3n) is 2.87. The molecule has 2 amide bonds. The summed E-state index contributed by atoms with van der Waals surface area (Å²) in [5.74, 6) is 0. The summed E-state index contributed by atoms with van der Waals surface area (Å²) in [6.45, 7) is 8.21. The Morgan fingerprint density at radius 1 is 1.39 bits per heavy atom. The molecule has 5 heteroatoms. The number of rotatable bonds is 4. The van der Waals surface area contributed by atoms with E-state index in [0.717, 1.165) is 25.9 Å². The van der Waals surface area contributed by atoms with Crippen molar-refractivity contribution in [3.63, 3.8) is 0 Å². The van der Waals surface area contributed by atoms with Gasteiger partial charge in [-0.3, -0.25) is 0 Å². The second-order valence-corrected chi connectivity index (χ2v) is 5.81. The Morgan fingerprint density at radius 3 is 2.50 bits per heavy atom. The molecule has 106 valence electrons. The van der Waals surface area contributed by atoms with E-state index in [1.807, 2.05) is 25.7 Å². The number of hydrogen-bond donors (Lipinski definition) is 2. The van der Waals surface area contributed by atoms with Gasteiger partial charge in [-0.15, -0.1) is 0 Å². The van der Waals surface area contributed by atoms with Gasteiger partial charge in [-0.25, -0.2) is 4.79 Å². The summed E-state index contributed by atoms with van der Waals surface area (Å²) in [4.78, 5) is 13.8. The Bertz CT molecular complexity index is 255. The number of ether oxygens (including phenoxy) is 1. The molecule has 0 atom stereocenters. The van der Waals surface area contributed by atoms with Crippen LogP contribution in [0.2, 0.25) is 0 Å². The van der Waals surface area contributed by atoms with Gasteiger partial charge in [0.1, 0.15) is 0 Å². The van der Waals surface area contributed by atoms with Gasteiger partial charge in [-0.2, -0.15) is 0 Å². The Labute approximate surface area is 109 Å². The maximum absolute atomic E-state index is 11.9. The summed E-state index contributed by atoms with van der Waals surface area (Å²) < 4.78 is 5.63. The summed E-state index contributed by atoms with van der Waals surface area (Å²) in [6.07, 6.45) is 2.67. The van der Waals surface area contributed by atoms with Crippen LogP contribution in [0.4, 0.5) is 4.79 Å². The highest BCUT2D eigenvalue weighted by atomic mass is 16.5. The van der Waals surface area contributed by atoms with Crippen LogP contribution in [0.15, 0.2) is 0 Å². The Balaban J connectivity index is 2.24. The molecule has 1 rings (SSSR count). The van der Waals surface area contributed by atoms with E-state index in [0.29, 0.717) is 13.0 Å². The summed E-state index contributed by atoms with van der Waals surface area (Å²) in [5.41, 5.74) is -0.189. The van der Waals surface area contributed by atoms with Gasteiger partial charge in [-0.05, 0) is 40.0 Å². The number of piperidine rings is 1. The van der Waals surface area contributed by atoms with E-state index in [1.165, 1.54) is 0 Å². The third-order valence-corrected chi connectivity index (χ3v) is 2.87. The van der Waals surface area contributed by atoms with Gasteiger partial charge in [0.05, 0.1) is 6.10 Å². The smallest absolute Gasteiger partial charge is 0.317 e. The third kappa shape index (κ3) is 5.69. The summed E-state index contributed by atoms with van der Waals surface area (Å²) in [6, 6.07) is 0.0105. The Hall–Kier alpha value is -0.810. The molecule has 0 aromatic heterocycles. The van der Waals surface area contributed by atoms with E-state index in [1.54, 1.807) is 0 Å². The van der Waals surface area contributed by atoms with Crippen molar-refractivity contribution in [2.24, 2.45) is 0 Å². The number of urea groups is 1. The van der Waals surface area contributed by atoms with Gasteiger partial charge >= 0.3 is 6.03 Å². The van der Waals surface area contributed by atoms with Crippen molar-refractivity contribution in [2.45, 2.75) is 51.7 Å². The largest absolute Gasteiger partial charge is 0.396 e. The lowest BCUT2D eigenvalue weighted by molar-refractivity contribution is 0.00878. The fraction of sp³-hybridized carbons (Fsp3) is 0.923. The van der Waals surface area contributed by atoms with Crippen LogP contribution in [-0.2, 0) is 4.74 Å². The number of aliphatic hydroxyl groups is 1. The average molecular weight is 258 g/mol. The van der Waals surface area contributed by atoms with Crippen LogP contribution < -0.4 is 5.32 Å². The van der Waals surface area contributed by atoms with E-state index in [4.69, 9.17) is 9.84 Å². The van der Waals surface area contributed by atoms with Gasteiger partial charge in [-0.1, -0.05) is 0 Å². The Kier molecular flexibility index (Phi) is 5.88. The van der Waals surface area contributed by atoms with Crippen LogP contribution in [0.3, 0.4) is 0 Å². The van der Waals surface area contributed by atoms with Crippen molar-refractivity contribution < 1.29 is 14.6 Å². The van der Waals surface area contributed by atoms with Crippen LogP contribution >= 0.6 is 0 Å². The predicted molar refractivity (Wildman–Crippen MR) is 70.5 cm³/mol. The van der Waals surface area contributed by atoms with Gasteiger partial charge in [0, 0.05) is 31.8 Å². The highest BCUT2D eigenvalue weighted by Gasteiger charge is 2.25. The van der Waals surface area contributed by atoms with Gasteiger partial charge in [0.15, 0.2) is 0 Å². The molecule has 0 bridgehead atoms. The minimum atomic E-state index is -0.189. The molecule has 0 aromatic rings. The summed E-state index contributed by atoms with van der Waals surface area (Å²) >= 11 is 0. The van der Waals surface area contributed by atoms with Crippen LogP contribution in [0.5, 0.6) is 0 Å². The maximum Gasteiger partial charge on any atom is 0.317 e. The van der Waals surface area contributed by atoms with E-state index >= 15 is 0 Å². The quantitative estimate of drug-likeness (QED) is 0.748. The lowest BCUT2D eigenvalue weighted by Crippen LogP contribution is -2.51. The predicted octanol–water partition coefficient (Wildman–Crippen LogP) is 1.36. The van der Waals surface area contributed by atoms with Gasteiger partial charge in [0.25, 0.3) is 0 Å². The first-order valence-corrected chi connectivity index (χ1v) is 6.72. The lowest BCUT2D eigenvalue weighted by atomic mass is 10.1. The minimum absolute atomic E-state index is 0.0105. The fourth-order valence-corrected chi connectivity index (χ4v) is 1.94. The minimum Gasteiger partial charge on any atom is -0.396 e. The molecule has 1 aliphatic heterocycles. The van der Waals surface area contributed by atoms with Crippen molar-refractivity contribution in [3.8, 4) is 0 Å². The molecule has 1 aliphatic rings. The first-order valence-electron chi connectivity index (χ1n) is 6.72. The molecule has 0 aliphatic carbocycles. The van der Waals surface area contributed by atoms with E-state index in [-0.39, 0.29) is 24.3 Å².